The SMILES string of the molecule is CCC(F)(F)c1ccc(C[NH-])cc1.O=C(O)[C@H]1CN(c2cnc3cnccc3n2)CCN1S(=O)(=O)c1ccc(C(F)(F)F)cc1. The van der Waals surface area contributed by atoms with Gasteiger partial charge in [-0.3, -0.25) is 9.78 Å². The molecule has 2 aromatic heterocycles. The van der Waals surface area contributed by atoms with E-state index in [0.717, 1.165) is 22.0 Å². The third-order valence-electron chi connectivity index (χ3n) is 7.08. The van der Waals surface area contributed by atoms with Crippen LogP contribution in [0.5, 0.6) is 0 Å². The number of carbonyl (C=O) groups is 1. The van der Waals surface area contributed by atoms with Crippen molar-refractivity contribution >= 4 is 32.8 Å². The summed E-state index contributed by atoms with van der Waals surface area (Å²) in [7, 11) is -4.34. The summed E-state index contributed by atoms with van der Waals surface area (Å²) in [6.07, 6.45) is -0.291. The van der Waals surface area contributed by atoms with Gasteiger partial charge in [-0.25, -0.2) is 27.2 Å². The Morgan fingerprint density at radius 3 is 2.18 bits per heavy atom. The first kappa shape index (κ1) is 33.6. The number of aromatic nitrogens is 3. The number of nitrogens with zero attached hydrogens (tertiary/aromatic N) is 5. The number of hydrogen-bond acceptors (Lipinski definition) is 7. The monoisotopic (exact) mass is 651 g/mol. The Kier molecular flexibility index (Phi) is 9.99. The van der Waals surface area contributed by atoms with Crippen LogP contribution in [0.2, 0.25) is 0 Å². The van der Waals surface area contributed by atoms with Crippen LogP contribution >= 0.6 is 0 Å². The first-order chi connectivity index (χ1) is 21.2. The van der Waals surface area contributed by atoms with Crippen LogP contribution in [0, 0.1) is 0 Å². The van der Waals surface area contributed by atoms with E-state index in [1.165, 1.54) is 37.6 Å². The highest BCUT2D eigenvalue weighted by Crippen LogP contribution is 2.32. The normalized spacial score (nSPS) is 16.2. The van der Waals surface area contributed by atoms with Gasteiger partial charge >= 0.3 is 12.1 Å². The number of carboxylic acids is 1. The molecule has 0 amide bonds. The van der Waals surface area contributed by atoms with Gasteiger partial charge in [-0.2, -0.15) is 17.5 Å². The predicted octanol–water partition coefficient (Wildman–Crippen LogP) is 5.75. The first-order valence-corrected chi connectivity index (χ1v) is 15.0. The molecule has 1 aliphatic rings. The molecule has 16 heteroatoms. The van der Waals surface area contributed by atoms with E-state index in [1.54, 1.807) is 23.1 Å². The lowest BCUT2D eigenvalue weighted by Gasteiger charge is -2.38. The molecule has 3 heterocycles. The van der Waals surface area contributed by atoms with Crippen molar-refractivity contribution in [2.24, 2.45) is 0 Å². The van der Waals surface area contributed by atoms with Gasteiger partial charge in [0, 0.05) is 37.8 Å². The Bertz CT molecular complexity index is 1740. The average Bonchev–Trinajstić information content (AvgIpc) is 3.04. The highest BCUT2D eigenvalue weighted by atomic mass is 32.2. The summed E-state index contributed by atoms with van der Waals surface area (Å²) in [4.78, 5) is 25.7. The molecule has 0 saturated carbocycles. The Hall–Kier alpha value is -4.28. The fourth-order valence-electron chi connectivity index (χ4n) is 4.49. The highest BCUT2D eigenvalue weighted by molar-refractivity contribution is 7.89. The molecule has 0 unspecified atom stereocenters. The molecule has 2 aromatic carbocycles. The molecular formula is C29H28F5N6O4S-. The van der Waals surface area contributed by atoms with Gasteiger partial charge in [0.2, 0.25) is 10.0 Å². The molecule has 1 fully saturated rings. The third kappa shape index (κ3) is 7.69. The Morgan fingerprint density at radius 2 is 1.60 bits per heavy atom. The molecule has 0 radical (unpaired) electrons. The van der Waals surface area contributed by atoms with Crippen molar-refractivity contribution in [2.45, 2.75) is 42.9 Å². The van der Waals surface area contributed by atoms with E-state index in [-0.39, 0.29) is 38.2 Å². The third-order valence-corrected chi connectivity index (χ3v) is 9.01. The number of carboxylic acid groups (broad SMARTS) is 1. The van der Waals surface area contributed by atoms with Crippen molar-refractivity contribution in [2.75, 3.05) is 24.5 Å². The molecular weight excluding hydrogens is 623 g/mol. The maximum absolute atomic E-state index is 13.1. The standard InChI is InChI=1S/C19H16F3N5O4S.C10H12F2N/c20-19(21,22)12-1-3-13(4-2-12)32(30,31)27-8-7-26(11-16(27)18(28)29)17-10-24-15-9-23-6-5-14(15)25-17;1-2-10(11,12)9-5-3-8(7-13)4-6-9/h1-6,9-10,16H,7-8,11H2,(H,28,29);3-6,13H,2,7H2,1H3/q;-1/t16-;/m1./s1. The van der Waals surface area contributed by atoms with Crippen LogP contribution in [0.4, 0.5) is 27.8 Å². The molecule has 1 atom stereocenters. The van der Waals surface area contributed by atoms with Crippen LogP contribution in [0.15, 0.2) is 78.1 Å². The topological polar surface area (TPSA) is 140 Å². The van der Waals surface area contributed by atoms with Gasteiger partial charge in [-0.15, -0.1) is 6.54 Å². The lowest BCUT2D eigenvalue weighted by atomic mass is 10.0. The second kappa shape index (κ2) is 13.4. The molecule has 45 heavy (non-hydrogen) atoms. The van der Waals surface area contributed by atoms with Crippen LogP contribution in [0.1, 0.15) is 30.0 Å². The molecule has 1 aliphatic heterocycles. The minimum atomic E-state index is -4.62. The molecule has 4 aromatic rings. The zero-order valence-electron chi connectivity index (χ0n) is 23.7. The fourth-order valence-corrected chi connectivity index (χ4v) is 6.05. The number of anilines is 1. The van der Waals surface area contributed by atoms with Gasteiger partial charge in [-0.05, 0) is 30.3 Å². The van der Waals surface area contributed by atoms with Crippen LogP contribution in [0.25, 0.3) is 16.8 Å². The quantitative estimate of drug-likeness (QED) is 0.249. The number of rotatable bonds is 7. The number of alkyl halides is 5. The van der Waals surface area contributed by atoms with Gasteiger partial charge in [0.05, 0.1) is 28.4 Å². The smallest absolute Gasteiger partial charge is 0.416 e. The Morgan fingerprint density at radius 1 is 0.956 bits per heavy atom. The van der Waals surface area contributed by atoms with Crippen LogP contribution in [-0.4, -0.2) is 64.4 Å². The van der Waals surface area contributed by atoms with Gasteiger partial charge in [-0.1, -0.05) is 36.8 Å². The summed E-state index contributed by atoms with van der Waals surface area (Å²) in [6.45, 7) is 1.31. The summed E-state index contributed by atoms with van der Waals surface area (Å²) in [5, 5.41) is 9.68. The van der Waals surface area contributed by atoms with E-state index < -0.39 is 44.6 Å². The summed E-state index contributed by atoms with van der Waals surface area (Å²) in [5.41, 5.74) is 7.92. The van der Waals surface area contributed by atoms with Crippen molar-refractivity contribution < 1.29 is 40.3 Å². The summed E-state index contributed by atoms with van der Waals surface area (Å²) < 4.78 is 91.3. The van der Waals surface area contributed by atoms with E-state index in [4.69, 9.17) is 5.73 Å². The van der Waals surface area contributed by atoms with E-state index >= 15 is 0 Å². The van der Waals surface area contributed by atoms with Crippen LogP contribution < -0.4 is 4.90 Å². The van der Waals surface area contributed by atoms with Crippen molar-refractivity contribution in [3.8, 4) is 0 Å². The van der Waals surface area contributed by atoms with Gasteiger partial charge in [0.25, 0.3) is 5.92 Å². The molecule has 0 spiro atoms. The van der Waals surface area contributed by atoms with Crippen molar-refractivity contribution in [1.82, 2.24) is 19.3 Å². The molecule has 0 aliphatic carbocycles. The van der Waals surface area contributed by atoms with E-state index in [9.17, 15) is 40.3 Å². The maximum atomic E-state index is 13.1. The number of hydrogen-bond donors (Lipinski definition) is 1. The Labute approximate surface area is 255 Å². The number of halogens is 5. The number of sulfonamides is 1. The summed E-state index contributed by atoms with van der Waals surface area (Å²) in [6, 6.07) is 9.07. The first-order valence-electron chi connectivity index (χ1n) is 13.5. The number of benzene rings is 2. The van der Waals surface area contributed by atoms with Crippen LogP contribution in [-0.2, 0) is 33.5 Å². The van der Waals surface area contributed by atoms with Crippen molar-refractivity contribution in [3.05, 3.63) is 95.6 Å². The lowest BCUT2D eigenvalue weighted by molar-refractivity contribution is -0.141. The second-order valence-electron chi connectivity index (χ2n) is 9.96. The Balaban J connectivity index is 0.000000297. The fraction of sp³-hybridized carbons (Fsp3) is 0.310. The van der Waals surface area contributed by atoms with Gasteiger partial charge in [0.15, 0.2) is 0 Å². The predicted molar refractivity (Wildman–Crippen MR) is 155 cm³/mol. The number of aliphatic carboxylic acids is 1. The number of nitrogens with one attached hydrogen (secondary N) is 1. The highest BCUT2D eigenvalue weighted by Gasteiger charge is 2.41. The largest absolute Gasteiger partial charge is 0.674 e. The van der Waals surface area contributed by atoms with E-state index in [0.29, 0.717) is 29.0 Å². The minimum Gasteiger partial charge on any atom is -0.674 e. The second-order valence-corrected chi connectivity index (χ2v) is 11.9. The number of piperazine rings is 1. The van der Waals surface area contributed by atoms with Crippen molar-refractivity contribution in [1.29, 1.82) is 0 Å². The molecule has 240 valence electrons. The molecule has 10 nitrogen and oxygen atoms in total. The average molecular weight is 652 g/mol. The summed E-state index contributed by atoms with van der Waals surface area (Å²) in [5.74, 6) is -3.75. The zero-order valence-corrected chi connectivity index (χ0v) is 24.6. The maximum Gasteiger partial charge on any atom is 0.416 e. The van der Waals surface area contributed by atoms with E-state index in [1.807, 2.05) is 0 Å². The van der Waals surface area contributed by atoms with E-state index in [2.05, 4.69) is 15.0 Å². The number of pyridine rings is 1. The lowest BCUT2D eigenvalue weighted by Crippen LogP contribution is -2.58. The molecule has 5 rings (SSSR count). The molecule has 1 saturated heterocycles. The minimum absolute atomic E-state index is 0.0344. The van der Waals surface area contributed by atoms with Crippen LogP contribution in [0.3, 0.4) is 0 Å². The van der Waals surface area contributed by atoms with Gasteiger partial charge < -0.3 is 15.7 Å². The zero-order chi connectivity index (χ0) is 33.0. The number of fused-ring (bicyclic) bond motifs is 1. The van der Waals surface area contributed by atoms with Crippen molar-refractivity contribution in [3.63, 3.8) is 0 Å². The summed E-state index contributed by atoms with van der Waals surface area (Å²) >= 11 is 0. The molecule has 0 bridgehead atoms. The molecule has 2 N–H and O–H groups in total. The van der Waals surface area contributed by atoms with Gasteiger partial charge in [0.1, 0.15) is 17.4 Å².